The molecule has 0 aliphatic heterocycles. The normalized spacial score (nSPS) is 12.8. The quantitative estimate of drug-likeness (QED) is 0.816. The summed E-state index contributed by atoms with van der Waals surface area (Å²) >= 11 is 3.16. The van der Waals surface area contributed by atoms with Gasteiger partial charge in [-0.05, 0) is 21.8 Å². The minimum absolute atomic E-state index is 0.00435. The third-order valence-corrected chi connectivity index (χ3v) is 2.61. The third kappa shape index (κ3) is 2.66. The zero-order valence-electron chi connectivity index (χ0n) is 7.83. The van der Waals surface area contributed by atoms with Gasteiger partial charge in [-0.1, -0.05) is 20.3 Å². The Kier molecular flexibility index (Phi) is 3.66. The molecule has 3 nitrogen and oxygen atoms in total. The second kappa shape index (κ2) is 4.56. The molecule has 1 aromatic rings. The standard InChI is InChI=1S/C9H13BrN2O/c1-3-7(2)5-12-6-11-4-8(10)9(12)13/h4,6-7H,3,5H2,1-2H3. The fourth-order valence-corrected chi connectivity index (χ4v) is 1.36. The molecule has 0 spiro atoms. The Morgan fingerprint density at radius 1 is 1.69 bits per heavy atom. The number of hydrogen-bond acceptors (Lipinski definition) is 2. The van der Waals surface area contributed by atoms with Gasteiger partial charge in [0.15, 0.2) is 0 Å². The van der Waals surface area contributed by atoms with E-state index in [4.69, 9.17) is 0 Å². The third-order valence-electron chi connectivity index (χ3n) is 2.06. The maximum atomic E-state index is 11.5. The molecule has 72 valence electrons. The van der Waals surface area contributed by atoms with Crippen molar-refractivity contribution in [2.75, 3.05) is 0 Å². The minimum Gasteiger partial charge on any atom is -0.298 e. The van der Waals surface area contributed by atoms with Gasteiger partial charge in [-0.25, -0.2) is 4.98 Å². The van der Waals surface area contributed by atoms with E-state index in [0.717, 1.165) is 13.0 Å². The lowest BCUT2D eigenvalue weighted by atomic mass is 10.1. The molecule has 0 aromatic carbocycles. The Morgan fingerprint density at radius 2 is 2.38 bits per heavy atom. The number of aromatic nitrogens is 2. The van der Waals surface area contributed by atoms with Gasteiger partial charge < -0.3 is 0 Å². The van der Waals surface area contributed by atoms with Crippen LogP contribution in [0.4, 0.5) is 0 Å². The van der Waals surface area contributed by atoms with Crippen molar-refractivity contribution in [1.29, 1.82) is 0 Å². The van der Waals surface area contributed by atoms with Gasteiger partial charge in [0.2, 0.25) is 0 Å². The van der Waals surface area contributed by atoms with Crippen molar-refractivity contribution in [3.63, 3.8) is 0 Å². The SMILES string of the molecule is CCC(C)Cn1cncc(Br)c1=O. The average molecular weight is 245 g/mol. The predicted molar refractivity (Wildman–Crippen MR) is 55.7 cm³/mol. The highest BCUT2D eigenvalue weighted by molar-refractivity contribution is 9.10. The summed E-state index contributed by atoms with van der Waals surface area (Å²) in [6.45, 7) is 4.97. The van der Waals surface area contributed by atoms with E-state index in [9.17, 15) is 4.79 Å². The largest absolute Gasteiger partial charge is 0.298 e. The van der Waals surface area contributed by atoms with Gasteiger partial charge >= 0.3 is 0 Å². The topological polar surface area (TPSA) is 34.9 Å². The van der Waals surface area contributed by atoms with Crippen LogP contribution >= 0.6 is 15.9 Å². The van der Waals surface area contributed by atoms with Gasteiger partial charge in [0.1, 0.15) is 4.47 Å². The van der Waals surface area contributed by atoms with Gasteiger partial charge in [0.25, 0.3) is 5.56 Å². The Balaban J connectivity index is 2.89. The lowest BCUT2D eigenvalue weighted by Crippen LogP contribution is -2.23. The number of hydrogen-bond donors (Lipinski definition) is 0. The second-order valence-corrected chi connectivity index (χ2v) is 4.07. The maximum Gasteiger partial charge on any atom is 0.267 e. The zero-order valence-corrected chi connectivity index (χ0v) is 9.41. The zero-order chi connectivity index (χ0) is 9.84. The van der Waals surface area contributed by atoms with Crippen molar-refractivity contribution in [1.82, 2.24) is 9.55 Å². The van der Waals surface area contributed by atoms with E-state index in [0.29, 0.717) is 10.4 Å². The second-order valence-electron chi connectivity index (χ2n) is 3.21. The maximum absolute atomic E-state index is 11.5. The molecule has 0 aliphatic rings. The predicted octanol–water partition coefficient (Wildman–Crippen LogP) is 2.05. The molecule has 1 heterocycles. The van der Waals surface area contributed by atoms with Gasteiger partial charge in [-0.3, -0.25) is 9.36 Å². The van der Waals surface area contributed by atoms with E-state index in [-0.39, 0.29) is 5.56 Å². The van der Waals surface area contributed by atoms with E-state index in [1.807, 2.05) is 0 Å². The summed E-state index contributed by atoms with van der Waals surface area (Å²) in [5.74, 6) is 0.508. The molecule has 0 radical (unpaired) electrons. The van der Waals surface area contributed by atoms with Crippen LogP contribution in [0.15, 0.2) is 21.8 Å². The molecule has 0 amide bonds. The molecule has 1 aromatic heterocycles. The molecule has 0 aliphatic carbocycles. The Morgan fingerprint density at radius 3 is 3.00 bits per heavy atom. The van der Waals surface area contributed by atoms with Crippen LogP contribution < -0.4 is 5.56 Å². The molecule has 0 bridgehead atoms. The Hall–Kier alpha value is -0.640. The van der Waals surface area contributed by atoms with Crippen molar-refractivity contribution in [3.05, 3.63) is 27.4 Å². The fourth-order valence-electron chi connectivity index (χ4n) is 1.02. The molecular weight excluding hydrogens is 232 g/mol. The highest BCUT2D eigenvalue weighted by Crippen LogP contribution is 2.04. The summed E-state index contributed by atoms with van der Waals surface area (Å²) in [5, 5.41) is 0. The highest BCUT2D eigenvalue weighted by atomic mass is 79.9. The molecule has 0 N–H and O–H groups in total. The fraction of sp³-hybridized carbons (Fsp3) is 0.556. The van der Waals surface area contributed by atoms with Crippen LogP contribution in [0, 0.1) is 5.92 Å². The van der Waals surface area contributed by atoms with E-state index in [1.54, 1.807) is 10.9 Å². The summed E-state index contributed by atoms with van der Waals surface area (Å²) in [5.41, 5.74) is -0.00435. The number of halogens is 1. The first kappa shape index (κ1) is 10.4. The number of nitrogens with zero attached hydrogens (tertiary/aromatic N) is 2. The highest BCUT2D eigenvalue weighted by Gasteiger charge is 2.04. The van der Waals surface area contributed by atoms with Crippen molar-refractivity contribution in [2.24, 2.45) is 5.92 Å². The monoisotopic (exact) mass is 244 g/mol. The first-order valence-corrected chi connectivity index (χ1v) is 5.14. The molecule has 13 heavy (non-hydrogen) atoms. The van der Waals surface area contributed by atoms with E-state index in [2.05, 4.69) is 34.8 Å². The lowest BCUT2D eigenvalue weighted by molar-refractivity contribution is 0.455. The van der Waals surface area contributed by atoms with Crippen LogP contribution in [0.25, 0.3) is 0 Å². The van der Waals surface area contributed by atoms with Crippen molar-refractivity contribution >= 4 is 15.9 Å². The molecule has 1 atom stereocenters. The van der Waals surface area contributed by atoms with Crippen molar-refractivity contribution in [3.8, 4) is 0 Å². The van der Waals surface area contributed by atoms with E-state index < -0.39 is 0 Å². The summed E-state index contributed by atoms with van der Waals surface area (Å²) in [4.78, 5) is 15.4. The van der Waals surface area contributed by atoms with Crippen molar-refractivity contribution < 1.29 is 0 Å². The van der Waals surface area contributed by atoms with Crippen LogP contribution in [0.1, 0.15) is 20.3 Å². The van der Waals surface area contributed by atoms with Gasteiger partial charge in [0, 0.05) is 12.7 Å². The van der Waals surface area contributed by atoms with Crippen molar-refractivity contribution in [2.45, 2.75) is 26.8 Å². The Labute approximate surface area is 85.9 Å². The Bertz CT molecular complexity index is 335. The van der Waals surface area contributed by atoms with E-state index in [1.165, 1.54) is 6.20 Å². The lowest BCUT2D eigenvalue weighted by Gasteiger charge is -2.10. The summed E-state index contributed by atoms with van der Waals surface area (Å²) in [7, 11) is 0. The minimum atomic E-state index is -0.00435. The first-order valence-electron chi connectivity index (χ1n) is 4.35. The van der Waals surface area contributed by atoms with Crippen LogP contribution in [0.5, 0.6) is 0 Å². The summed E-state index contributed by atoms with van der Waals surface area (Å²) in [6.07, 6.45) is 4.17. The molecule has 0 fully saturated rings. The van der Waals surface area contributed by atoms with Crippen LogP contribution in [0.3, 0.4) is 0 Å². The van der Waals surface area contributed by atoms with Crippen LogP contribution in [-0.2, 0) is 6.54 Å². The number of rotatable bonds is 3. The van der Waals surface area contributed by atoms with Gasteiger partial charge in [-0.15, -0.1) is 0 Å². The summed E-state index contributed by atoms with van der Waals surface area (Å²) in [6, 6.07) is 0. The molecule has 1 rings (SSSR count). The smallest absolute Gasteiger partial charge is 0.267 e. The van der Waals surface area contributed by atoms with Crippen LogP contribution in [-0.4, -0.2) is 9.55 Å². The van der Waals surface area contributed by atoms with Gasteiger partial charge in [0.05, 0.1) is 6.33 Å². The first-order chi connectivity index (χ1) is 6.15. The van der Waals surface area contributed by atoms with Crippen LogP contribution in [0.2, 0.25) is 0 Å². The molecular formula is C9H13BrN2O. The molecule has 1 unspecified atom stereocenters. The van der Waals surface area contributed by atoms with E-state index >= 15 is 0 Å². The van der Waals surface area contributed by atoms with Gasteiger partial charge in [-0.2, -0.15) is 0 Å². The average Bonchev–Trinajstić information content (AvgIpc) is 2.13. The molecule has 0 saturated heterocycles. The molecule has 0 saturated carbocycles. The summed E-state index contributed by atoms with van der Waals surface area (Å²) < 4.78 is 2.16. The molecule has 4 heteroatoms.